The minimum atomic E-state index is 0.187. The molecule has 1 aliphatic heterocycles. The number of fused-ring (bicyclic) bond motifs is 1. The van der Waals surface area contributed by atoms with Gasteiger partial charge in [-0.05, 0) is 43.4 Å². The number of aliphatic imine (C=N–C) groups is 1. The van der Waals surface area contributed by atoms with Gasteiger partial charge in [0.1, 0.15) is 5.82 Å². The summed E-state index contributed by atoms with van der Waals surface area (Å²) in [4.78, 5) is 4.43. The first kappa shape index (κ1) is 19.4. The molecule has 0 spiro atoms. The zero-order valence-corrected chi connectivity index (χ0v) is 18.1. The number of guanidine groups is 1. The monoisotopic (exact) mass is 444 g/mol. The van der Waals surface area contributed by atoms with Crippen molar-refractivity contribution < 1.29 is 0 Å². The number of hydrogen-bond acceptors (Lipinski definition) is 3. The molecule has 0 unspecified atom stereocenters. The van der Waals surface area contributed by atoms with E-state index in [2.05, 4.69) is 70.6 Å². The van der Waals surface area contributed by atoms with Crippen LogP contribution in [0, 0.1) is 0 Å². The van der Waals surface area contributed by atoms with Gasteiger partial charge in [0.05, 0.1) is 6.54 Å². The maximum atomic E-state index is 4.43. The number of halogens is 1. The molecule has 1 saturated carbocycles. The first-order chi connectivity index (χ1) is 13.7. The van der Waals surface area contributed by atoms with Crippen molar-refractivity contribution in [2.45, 2.75) is 63.5 Å². The van der Waals surface area contributed by atoms with E-state index in [-0.39, 0.29) is 5.41 Å². The lowest BCUT2D eigenvalue weighted by atomic mass is 9.79. The van der Waals surface area contributed by atoms with Gasteiger partial charge >= 0.3 is 0 Å². The molecule has 2 N–H and O–H groups in total. The highest BCUT2D eigenvalue weighted by Crippen LogP contribution is 2.40. The Kier molecular flexibility index (Phi) is 5.99. The van der Waals surface area contributed by atoms with Crippen molar-refractivity contribution in [1.29, 1.82) is 0 Å². The predicted molar refractivity (Wildman–Crippen MR) is 115 cm³/mol. The highest BCUT2D eigenvalue weighted by atomic mass is 79.9. The molecule has 1 aromatic carbocycles. The first-order valence-corrected chi connectivity index (χ1v) is 11.1. The SMILES string of the molecule is CN=C(NCc1nnc2n1CCCC2)NCC1(c2ccc(Br)cc2)CCCC1. The summed E-state index contributed by atoms with van der Waals surface area (Å²) in [5.41, 5.74) is 1.61. The minimum Gasteiger partial charge on any atom is -0.356 e. The topological polar surface area (TPSA) is 67.1 Å². The van der Waals surface area contributed by atoms with Crippen molar-refractivity contribution in [3.63, 3.8) is 0 Å². The lowest BCUT2D eigenvalue weighted by Gasteiger charge is -2.31. The Morgan fingerprint density at radius 3 is 2.64 bits per heavy atom. The Morgan fingerprint density at radius 1 is 1.11 bits per heavy atom. The second-order valence-electron chi connectivity index (χ2n) is 7.91. The highest BCUT2D eigenvalue weighted by Gasteiger charge is 2.35. The van der Waals surface area contributed by atoms with Gasteiger partial charge in [0.25, 0.3) is 0 Å². The Bertz CT molecular complexity index is 820. The quantitative estimate of drug-likeness (QED) is 0.546. The normalized spacial score (nSPS) is 18.7. The molecule has 0 bridgehead atoms. The summed E-state index contributed by atoms with van der Waals surface area (Å²) >= 11 is 3.55. The summed E-state index contributed by atoms with van der Waals surface area (Å²) in [6.45, 7) is 2.57. The summed E-state index contributed by atoms with van der Waals surface area (Å²) in [5, 5.41) is 15.7. The third kappa shape index (κ3) is 4.09. The fourth-order valence-electron chi connectivity index (χ4n) is 4.56. The summed E-state index contributed by atoms with van der Waals surface area (Å²) < 4.78 is 3.39. The predicted octanol–water partition coefficient (Wildman–Crippen LogP) is 3.55. The molecule has 1 aromatic heterocycles. The molecular formula is C21H29BrN6. The largest absolute Gasteiger partial charge is 0.356 e. The van der Waals surface area contributed by atoms with E-state index in [0.717, 1.165) is 41.6 Å². The molecule has 0 saturated heterocycles. The van der Waals surface area contributed by atoms with Gasteiger partial charge in [-0.25, -0.2) is 0 Å². The van der Waals surface area contributed by atoms with Gasteiger partial charge in [-0.15, -0.1) is 10.2 Å². The molecule has 2 heterocycles. The van der Waals surface area contributed by atoms with Gasteiger partial charge in [0.15, 0.2) is 11.8 Å². The van der Waals surface area contributed by atoms with E-state index in [1.807, 2.05) is 7.05 Å². The van der Waals surface area contributed by atoms with E-state index in [1.165, 1.54) is 44.1 Å². The van der Waals surface area contributed by atoms with Crippen LogP contribution in [0.3, 0.4) is 0 Å². The summed E-state index contributed by atoms with van der Waals surface area (Å²) in [5.74, 6) is 2.95. The van der Waals surface area contributed by atoms with Crippen molar-refractivity contribution in [2.75, 3.05) is 13.6 Å². The average Bonchev–Trinajstić information content (AvgIpc) is 3.37. The van der Waals surface area contributed by atoms with Crippen LogP contribution in [0.4, 0.5) is 0 Å². The van der Waals surface area contributed by atoms with Crippen molar-refractivity contribution in [3.05, 3.63) is 46.0 Å². The van der Waals surface area contributed by atoms with Crippen molar-refractivity contribution >= 4 is 21.9 Å². The molecule has 150 valence electrons. The zero-order chi connectivity index (χ0) is 19.4. The second-order valence-corrected chi connectivity index (χ2v) is 8.83. The molecular weight excluding hydrogens is 416 g/mol. The van der Waals surface area contributed by atoms with Crippen LogP contribution >= 0.6 is 15.9 Å². The summed E-state index contributed by atoms with van der Waals surface area (Å²) in [6, 6.07) is 8.82. The standard InChI is InChI=1S/C21H29BrN6/c1-23-20(24-14-19-27-26-18-6-2-5-13-28(18)19)25-15-21(11-3-4-12-21)16-7-9-17(22)10-8-16/h7-10H,2-6,11-15H2,1H3,(H2,23,24,25). The van der Waals surface area contributed by atoms with Gasteiger partial charge in [0, 0.05) is 36.4 Å². The maximum Gasteiger partial charge on any atom is 0.191 e. The number of benzene rings is 1. The fourth-order valence-corrected chi connectivity index (χ4v) is 4.82. The lowest BCUT2D eigenvalue weighted by Crippen LogP contribution is -2.44. The third-order valence-corrected chi connectivity index (χ3v) is 6.71. The van der Waals surface area contributed by atoms with Crippen molar-refractivity contribution in [1.82, 2.24) is 25.4 Å². The van der Waals surface area contributed by atoms with Gasteiger partial charge in [-0.2, -0.15) is 0 Å². The fraction of sp³-hybridized carbons (Fsp3) is 0.571. The van der Waals surface area contributed by atoms with E-state index in [4.69, 9.17) is 0 Å². The molecule has 28 heavy (non-hydrogen) atoms. The van der Waals surface area contributed by atoms with Crippen LogP contribution in [-0.2, 0) is 24.9 Å². The molecule has 2 aliphatic rings. The van der Waals surface area contributed by atoms with Crippen LogP contribution in [0.15, 0.2) is 33.7 Å². The smallest absolute Gasteiger partial charge is 0.191 e. The van der Waals surface area contributed by atoms with E-state index < -0.39 is 0 Å². The Labute approximate surface area is 175 Å². The molecule has 4 rings (SSSR count). The molecule has 1 aliphatic carbocycles. The second kappa shape index (κ2) is 8.64. The van der Waals surface area contributed by atoms with Gasteiger partial charge in [0.2, 0.25) is 0 Å². The molecule has 0 amide bonds. The van der Waals surface area contributed by atoms with Gasteiger partial charge in [-0.3, -0.25) is 4.99 Å². The zero-order valence-electron chi connectivity index (χ0n) is 16.5. The molecule has 1 fully saturated rings. The minimum absolute atomic E-state index is 0.187. The number of aryl methyl sites for hydroxylation is 1. The number of hydrogen-bond donors (Lipinski definition) is 2. The third-order valence-electron chi connectivity index (χ3n) is 6.19. The van der Waals surface area contributed by atoms with E-state index in [9.17, 15) is 0 Å². The molecule has 0 radical (unpaired) electrons. The Balaban J connectivity index is 1.39. The number of aromatic nitrogens is 3. The van der Waals surface area contributed by atoms with Crippen LogP contribution in [0.25, 0.3) is 0 Å². The molecule has 2 aromatic rings. The number of nitrogens with zero attached hydrogens (tertiary/aromatic N) is 4. The lowest BCUT2D eigenvalue weighted by molar-refractivity contribution is 0.431. The van der Waals surface area contributed by atoms with Gasteiger partial charge in [-0.1, -0.05) is 40.9 Å². The van der Waals surface area contributed by atoms with Crippen molar-refractivity contribution in [3.8, 4) is 0 Å². The molecule has 7 heteroatoms. The highest BCUT2D eigenvalue weighted by molar-refractivity contribution is 9.10. The van der Waals surface area contributed by atoms with Crippen LogP contribution in [0.1, 0.15) is 55.7 Å². The molecule has 6 nitrogen and oxygen atoms in total. The summed E-state index contributed by atoms with van der Waals surface area (Å²) in [7, 11) is 1.83. The Morgan fingerprint density at radius 2 is 1.89 bits per heavy atom. The first-order valence-electron chi connectivity index (χ1n) is 10.3. The molecule has 0 atom stereocenters. The number of nitrogens with one attached hydrogen (secondary N) is 2. The summed E-state index contributed by atoms with van der Waals surface area (Å²) in [6.07, 6.45) is 8.47. The van der Waals surface area contributed by atoms with E-state index in [0.29, 0.717) is 6.54 Å². The average molecular weight is 445 g/mol. The van der Waals surface area contributed by atoms with Crippen LogP contribution in [-0.4, -0.2) is 34.3 Å². The van der Waals surface area contributed by atoms with Crippen molar-refractivity contribution in [2.24, 2.45) is 4.99 Å². The van der Waals surface area contributed by atoms with Gasteiger partial charge < -0.3 is 15.2 Å². The van der Waals surface area contributed by atoms with E-state index in [1.54, 1.807) is 0 Å². The maximum absolute atomic E-state index is 4.43. The van der Waals surface area contributed by atoms with E-state index >= 15 is 0 Å². The Hall–Kier alpha value is -1.89. The van der Waals surface area contributed by atoms with Crippen LogP contribution in [0.5, 0.6) is 0 Å². The number of rotatable bonds is 5. The van der Waals surface area contributed by atoms with Crippen LogP contribution in [0.2, 0.25) is 0 Å². The van der Waals surface area contributed by atoms with Crippen LogP contribution < -0.4 is 10.6 Å².